The number of carbonyl (C=O) groups excluding carboxylic acids is 1. The first-order valence-corrected chi connectivity index (χ1v) is 5.72. The molecule has 0 aromatic carbocycles. The first kappa shape index (κ1) is 13.8. The summed E-state index contributed by atoms with van der Waals surface area (Å²) in [6.45, 7) is 6.50. The Labute approximate surface area is 102 Å². The molecule has 1 aromatic heterocycles. The summed E-state index contributed by atoms with van der Waals surface area (Å²) < 4.78 is 10.1. The van der Waals surface area contributed by atoms with Crippen molar-refractivity contribution in [2.45, 2.75) is 33.2 Å². The van der Waals surface area contributed by atoms with E-state index in [0.29, 0.717) is 0 Å². The Kier molecular flexibility index (Phi) is 4.34. The van der Waals surface area contributed by atoms with E-state index in [1.165, 1.54) is 7.11 Å². The minimum atomic E-state index is -0.443. The lowest BCUT2D eigenvalue weighted by Crippen LogP contribution is -2.22. The maximum absolute atomic E-state index is 11.3. The first-order chi connectivity index (χ1) is 7.87. The van der Waals surface area contributed by atoms with Gasteiger partial charge in [0.05, 0.1) is 13.2 Å². The van der Waals surface area contributed by atoms with Crippen molar-refractivity contribution in [3.63, 3.8) is 0 Å². The molecule has 0 saturated carbocycles. The molecule has 0 radical (unpaired) electrons. The number of ether oxygens (including phenoxy) is 1. The summed E-state index contributed by atoms with van der Waals surface area (Å²) in [6, 6.07) is 3.57. The van der Waals surface area contributed by atoms with Crippen molar-refractivity contribution < 1.29 is 13.9 Å². The SMILES string of the molecule is CNC(CC(C)(C)C)c1ccc(C(=O)OC)o1. The zero-order chi connectivity index (χ0) is 13.1. The molecule has 1 atom stereocenters. The standard InChI is InChI=1S/C13H21NO3/c1-13(2,3)8-9(14-4)10-6-7-11(17-10)12(15)16-5/h6-7,9,14H,8H2,1-5H3. The van der Waals surface area contributed by atoms with Gasteiger partial charge < -0.3 is 14.5 Å². The summed E-state index contributed by atoms with van der Waals surface area (Å²) in [6.07, 6.45) is 0.928. The molecular formula is C13H21NO3. The van der Waals surface area contributed by atoms with Crippen LogP contribution in [0.15, 0.2) is 16.5 Å². The average Bonchev–Trinajstić information content (AvgIpc) is 2.72. The number of carbonyl (C=O) groups is 1. The molecular weight excluding hydrogens is 218 g/mol. The number of esters is 1. The molecule has 4 nitrogen and oxygen atoms in total. The van der Waals surface area contributed by atoms with Crippen LogP contribution in [0.5, 0.6) is 0 Å². The Hall–Kier alpha value is -1.29. The highest BCUT2D eigenvalue weighted by Crippen LogP contribution is 2.30. The largest absolute Gasteiger partial charge is 0.463 e. The molecule has 1 N–H and O–H groups in total. The lowest BCUT2D eigenvalue weighted by Gasteiger charge is -2.24. The van der Waals surface area contributed by atoms with Gasteiger partial charge in [0.1, 0.15) is 5.76 Å². The zero-order valence-electron chi connectivity index (χ0n) is 11.2. The number of hydrogen-bond acceptors (Lipinski definition) is 4. The van der Waals surface area contributed by atoms with E-state index in [2.05, 4.69) is 30.8 Å². The Morgan fingerprint density at radius 1 is 1.47 bits per heavy atom. The van der Waals surface area contributed by atoms with Crippen LogP contribution >= 0.6 is 0 Å². The van der Waals surface area contributed by atoms with Gasteiger partial charge in [-0.1, -0.05) is 20.8 Å². The minimum absolute atomic E-state index is 0.105. The molecule has 0 amide bonds. The van der Waals surface area contributed by atoms with Crippen molar-refractivity contribution in [1.29, 1.82) is 0 Å². The van der Waals surface area contributed by atoms with Gasteiger partial charge in [0.15, 0.2) is 0 Å². The number of hydrogen-bond donors (Lipinski definition) is 1. The summed E-state index contributed by atoms with van der Waals surface area (Å²) in [5, 5.41) is 3.20. The lowest BCUT2D eigenvalue weighted by molar-refractivity contribution is 0.0561. The first-order valence-electron chi connectivity index (χ1n) is 5.72. The number of furan rings is 1. The van der Waals surface area contributed by atoms with Gasteiger partial charge in [-0.05, 0) is 31.0 Å². The third kappa shape index (κ3) is 3.89. The van der Waals surface area contributed by atoms with Crippen LogP contribution in [0.4, 0.5) is 0 Å². The van der Waals surface area contributed by atoms with Crippen LogP contribution in [0.1, 0.15) is 49.5 Å². The van der Waals surface area contributed by atoms with Gasteiger partial charge >= 0.3 is 5.97 Å². The van der Waals surface area contributed by atoms with E-state index in [0.717, 1.165) is 12.2 Å². The Morgan fingerprint density at radius 3 is 2.59 bits per heavy atom. The Balaban J connectivity index is 2.83. The van der Waals surface area contributed by atoms with Crippen molar-refractivity contribution in [2.24, 2.45) is 5.41 Å². The molecule has 0 aliphatic carbocycles. The highest BCUT2D eigenvalue weighted by molar-refractivity contribution is 5.86. The summed E-state index contributed by atoms with van der Waals surface area (Å²) in [7, 11) is 3.23. The topological polar surface area (TPSA) is 51.5 Å². The van der Waals surface area contributed by atoms with Crippen LogP contribution in [0.3, 0.4) is 0 Å². The van der Waals surface area contributed by atoms with Crippen LogP contribution in [0, 0.1) is 5.41 Å². The van der Waals surface area contributed by atoms with Crippen LogP contribution in [0.2, 0.25) is 0 Å². The molecule has 0 aliphatic heterocycles. The molecule has 1 unspecified atom stereocenters. The van der Waals surface area contributed by atoms with E-state index < -0.39 is 5.97 Å². The van der Waals surface area contributed by atoms with Crippen LogP contribution < -0.4 is 5.32 Å². The van der Waals surface area contributed by atoms with Gasteiger partial charge in [0.2, 0.25) is 5.76 Å². The lowest BCUT2D eigenvalue weighted by atomic mass is 9.87. The molecule has 0 aliphatic rings. The van der Waals surface area contributed by atoms with E-state index in [-0.39, 0.29) is 17.2 Å². The van der Waals surface area contributed by atoms with Crippen molar-refractivity contribution in [1.82, 2.24) is 5.32 Å². The normalized spacial score (nSPS) is 13.5. The second kappa shape index (κ2) is 5.36. The third-order valence-corrected chi connectivity index (χ3v) is 2.52. The van der Waals surface area contributed by atoms with E-state index in [4.69, 9.17) is 4.42 Å². The van der Waals surface area contributed by atoms with E-state index in [9.17, 15) is 4.79 Å². The van der Waals surface area contributed by atoms with E-state index in [1.54, 1.807) is 6.07 Å². The fourth-order valence-electron chi connectivity index (χ4n) is 1.71. The van der Waals surface area contributed by atoms with Gasteiger partial charge in [-0.15, -0.1) is 0 Å². The summed E-state index contributed by atoms with van der Waals surface area (Å²) in [5.41, 5.74) is 0.186. The smallest absolute Gasteiger partial charge is 0.373 e. The highest BCUT2D eigenvalue weighted by Gasteiger charge is 2.22. The molecule has 0 saturated heterocycles. The maximum Gasteiger partial charge on any atom is 0.373 e. The number of methoxy groups -OCH3 is 1. The third-order valence-electron chi connectivity index (χ3n) is 2.52. The predicted molar refractivity (Wildman–Crippen MR) is 65.9 cm³/mol. The van der Waals surface area contributed by atoms with Gasteiger partial charge in [0.25, 0.3) is 0 Å². The molecule has 1 heterocycles. The van der Waals surface area contributed by atoms with E-state index in [1.807, 2.05) is 13.1 Å². The average molecular weight is 239 g/mol. The summed E-state index contributed by atoms with van der Waals surface area (Å²) in [4.78, 5) is 11.3. The van der Waals surface area contributed by atoms with Crippen molar-refractivity contribution in [3.05, 3.63) is 23.7 Å². The van der Waals surface area contributed by atoms with Gasteiger partial charge in [0, 0.05) is 0 Å². The second-order valence-corrected chi connectivity index (χ2v) is 5.30. The van der Waals surface area contributed by atoms with Crippen LogP contribution in [0.25, 0.3) is 0 Å². The molecule has 0 bridgehead atoms. The molecule has 17 heavy (non-hydrogen) atoms. The van der Waals surface area contributed by atoms with Crippen molar-refractivity contribution in [3.8, 4) is 0 Å². The maximum atomic E-state index is 11.3. The molecule has 0 spiro atoms. The predicted octanol–water partition coefficient (Wildman–Crippen LogP) is 2.76. The zero-order valence-corrected chi connectivity index (χ0v) is 11.2. The fourth-order valence-corrected chi connectivity index (χ4v) is 1.71. The number of nitrogens with one attached hydrogen (secondary N) is 1. The van der Waals surface area contributed by atoms with Gasteiger partial charge in [-0.3, -0.25) is 0 Å². The quantitative estimate of drug-likeness (QED) is 0.821. The minimum Gasteiger partial charge on any atom is -0.463 e. The van der Waals surface area contributed by atoms with Crippen LogP contribution in [-0.2, 0) is 4.74 Å². The summed E-state index contributed by atoms with van der Waals surface area (Å²) in [5.74, 6) is 0.571. The number of rotatable bonds is 4. The Morgan fingerprint density at radius 2 is 2.12 bits per heavy atom. The van der Waals surface area contributed by atoms with Crippen LogP contribution in [-0.4, -0.2) is 20.1 Å². The molecule has 4 heteroatoms. The summed E-state index contributed by atoms with van der Waals surface area (Å²) >= 11 is 0. The fraction of sp³-hybridized carbons (Fsp3) is 0.615. The molecule has 1 rings (SSSR count). The van der Waals surface area contributed by atoms with Gasteiger partial charge in [-0.25, -0.2) is 4.79 Å². The van der Waals surface area contributed by atoms with E-state index >= 15 is 0 Å². The second-order valence-electron chi connectivity index (χ2n) is 5.30. The molecule has 1 aromatic rings. The van der Waals surface area contributed by atoms with Crippen molar-refractivity contribution >= 4 is 5.97 Å². The Bertz CT molecular complexity index is 376. The van der Waals surface area contributed by atoms with Crippen molar-refractivity contribution in [2.75, 3.05) is 14.2 Å². The molecule has 0 fully saturated rings. The molecule has 96 valence electrons. The van der Waals surface area contributed by atoms with Gasteiger partial charge in [-0.2, -0.15) is 0 Å². The highest BCUT2D eigenvalue weighted by atomic mass is 16.5. The monoisotopic (exact) mass is 239 g/mol.